The minimum Gasteiger partial charge on any atom is -0.399 e. The van der Waals surface area contributed by atoms with E-state index >= 15 is 0 Å². The van der Waals surface area contributed by atoms with Gasteiger partial charge in [-0.3, -0.25) is 0 Å². The monoisotopic (exact) mass is 264 g/mol. The zero-order valence-corrected chi connectivity index (χ0v) is 12.6. The van der Waals surface area contributed by atoms with Crippen LogP contribution in [0.25, 0.3) is 0 Å². The predicted molar refractivity (Wildman–Crippen MR) is 82.3 cm³/mol. The highest BCUT2D eigenvalue weighted by atomic mass is 16.5. The number of aryl methyl sites for hydroxylation is 1. The number of nitrogens with zero attached hydrogens (tertiary/aromatic N) is 1. The van der Waals surface area contributed by atoms with Gasteiger partial charge in [0.15, 0.2) is 0 Å². The molecule has 1 aromatic carbocycles. The first-order chi connectivity index (χ1) is 9.13. The lowest BCUT2D eigenvalue weighted by molar-refractivity contribution is 0.139. The molecule has 2 N–H and O–H groups in total. The summed E-state index contributed by atoms with van der Waals surface area (Å²) in [6.07, 6.45) is 2.19. The molecular weight excluding hydrogens is 236 g/mol. The average Bonchev–Trinajstić information content (AvgIpc) is 2.37. The molecule has 0 saturated heterocycles. The molecule has 19 heavy (non-hydrogen) atoms. The highest BCUT2D eigenvalue weighted by Gasteiger charge is 2.07. The van der Waals surface area contributed by atoms with E-state index < -0.39 is 0 Å². The van der Waals surface area contributed by atoms with Crippen molar-refractivity contribution < 1.29 is 4.74 Å². The third-order valence-corrected chi connectivity index (χ3v) is 3.21. The Morgan fingerprint density at radius 1 is 1.21 bits per heavy atom. The Labute approximate surface area is 117 Å². The molecule has 3 heteroatoms. The lowest BCUT2D eigenvalue weighted by Gasteiger charge is -2.24. The van der Waals surface area contributed by atoms with Gasteiger partial charge in [0.2, 0.25) is 0 Å². The lowest BCUT2D eigenvalue weighted by atomic mass is 10.1. The Kier molecular flexibility index (Phi) is 7.53. The van der Waals surface area contributed by atoms with Crippen molar-refractivity contribution in [2.75, 3.05) is 39.1 Å². The molecule has 1 rings (SSSR count). The zero-order chi connectivity index (χ0) is 14.1. The smallest absolute Gasteiger partial charge is 0.0589 e. The summed E-state index contributed by atoms with van der Waals surface area (Å²) in [6, 6.07) is 8.15. The van der Waals surface area contributed by atoms with Crippen molar-refractivity contribution in [2.45, 2.75) is 26.7 Å². The fraction of sp³-hybridized carbons (Fsp3) is 0.625. The van der Waals surface area contributed by atoms with E-state index in [2.05, 4.69) is 30.9 Å². The minimum atomic E-state index is 0.693. The van der Waals surface area contributed by atoms with Gasteiger partial charge in [-0.05, 0) is 36.9 Å². The van der Waals surface area contributed by atoms with Gasteiger partial charge in [0, 0.05) is 25.9 Å². The summed E-state index contributed by atoms with van der Waals surface area (Å²) >= 11 is 0. The maximum absolute atomic E-state index is 5.96. The van der Waals surface area contributed by atoms with Gasteiger partial charge >= 0.3 is 0 Å². The Morgan fingerprint density at radius 3 is 2.58 bits per heavy atom. The molecule has 0 amide bonds. The normalized spacial score (nSPS) is 11.4. The number of nitrogen functional groups attached to an aromatic ring is 1. The van der Waals surface area contributed by atoms with Crippen molar-refractivity contribution in [3.8, 4) is 0 Å². The van der Waals surface area contributed by atoms with Crippen LogP contribution < -0.4 is 5.73 Å². The molecule has 0 bridgehead atoms. The number of rotatable bonds is 9. The van der Waals surface area contributed by atoms with Crippen molar-refractivity contribution in [2.24, 2.45) is 5.92 Å². The van der Waals surface area contributed by atoms with Gasteiger partial charge in [-0.15, -0.1) is 0 Å². The molecule has 0 radical (unpaired) electrons. The molecule has 0 saturated carbocycles. The summed E-state index contributed by atoms with van der Waals surface area (Å²) in [5, 5.41) is 0. The summed E-state index contributed by atoms with van der Waals surface area (Å²) in [5.74, 6) is 0.693. The van der Waals surface area contributed by atoms with Crippen LogP contribution in [0.3, 0.4) is 0 Å². The van der Waals surface area contributed by atoms with Gasteiger partial charge in [0.05, 0.1) is 6.61 Å². The summed E-state index contributed by atoms with van der Waals surface area (Å²) < 4.78 is 5.18. The molecule has 0 atom stereocenters. The second-order valence-corrected chi connectivity index (χ2v) is 5.49. The number of para-hydroxylation sites is 1. The second-order valence-electron chi connectivity index (χ2n) is 5.49. The number of methoxy groups -OCH3 is 1. The third kappa shape index (κ3) is 6.60. The van der Waals surface area contributed by atoms with Crippen LogP contribution in [0, 0.1) is 5.92 Å². The quantitative estimate of drug-likeness (QED) is 0.697. The second kappa shape index (κ2) is 8.94. The van der Waals surface area contributed by atoms with Crippen LogP contribution in [0.4, 0.5) is 5.69 Å². The molecule has 0 heterocycles. The molecule has 0 unspecified atom stereocenters. The molecule has 1 aromatic rings. The Morgan fingerprint density at radius 2 is 1.95 bits per heavy atom. The summed E-state index contributed by atoms with van der Waals surface area (Å²) in [6.45, 7) is 8.58. The van der Waals surface area contributed by atoms with E-state index in [1.165, 1.54) is 5.56 Å². The van der Waals surface area contributed by atoms with Crippen molar-refractivity contribution in [3.63, 3.8) is 0 Å². The van der Waals surface area contributed by atoms with Gasteiger partial charge in [-0.2, -0.15) is 0 Å². The van der Waals surface area contributed by atoms with Crippen molar-refractivity contribution >= 4 is 5.69 Å². The molecule has 0 aliphatic heterocycles. The zero-order valence-electron chi connectivity index (χ0n) is 12.6. The van der Waals surface area contributed by atoms with E-state index in [0.717, 1.165) is 44.8 Å². The topological polar surface area (TPSA) is 38.5 Å². The van der Waals surface area contributed by atoms with Crippen molar-refractivity contribution in [1.29, 1.82) is 0 Å². The minimum absolute atomic E-state index is 0.693. The highest BCUT2D eigenvalue weighted by molar-refractivity contribution is 5.46. The van der Waals surface area contributed by atoms with Gasteiger partial charge in [0.1, 0.15) is 0 Å². The number of ether oxygens (including phenoxy) is 1. The van der Waals surface area contributed by atoms with E-state index in [9.17, 15) is 0 Å². The van der Waals surface area contributed by atoms with Crippen LogP contribution >= 0.6 is 0 Å². The number of anilines is 1. The van der Waals surface area contributed by atoms with Crippen LogP contribution in [-0.4, -0.2) is 38.3 Å². The first-order valence-corrected chi connectivity index (χ1v) is 7.18. The first-order valence-electron chi connectivity index (χ1n) is 7.18. The van der Waals surface area contributed by atoms with E-state index in [-0.39, 0.29) is 0 Å². The number of hydrogen-bond donors (Lipinski definition) is 1. The van der Waals surface area contributed by atoms with Crippen LogP contribution in [0.1, 0.15) is 25.8 Å². The fourth-order valence-electron chi connectivity index (χ4n) is 2.29. The predicted octanol–water partition coefficient (Wildman–Crippen LogP) is 2.81. The van der Waals surface area contributed by atoms with E-state index in [1.807, 2.05) is 12.1 Å². The summed E-state index contributed by atoms with van der Waals surface area (Å²) in [7, 11) is 1.76. The molecular formula is C16H28N2O. The standard InChI is InChI=1S/C16H28N2O/c1-14(2)13-18(11-12-19-3)10-6-8-15-7-4-5-9-16(15)17/h4-5,7,9,14H,6,8,10-13,17H2,1-3H3. The molecule has 0 aliphatic rings. The molecule has 0 aromatic heterocycles. The Balaban J connectivity index is 2.36. The van der Waals surface area contributed by atoms with Gasteiger partial charge < -0.3 is 15.4 Å². The van der Waals surface area contributed by atoms with Crippen molar-refractivity contribution in [1.82, 2.24) is 4.90 Å². The van der Waals surface area contributed by atoms with E-state index in [4.69, 9.17) is 10.5 Å². The SMILES string of the molecule is COCCN(CCCc1ccccc1N)CC(C)C. The number of hydrogen-bond acceptors (Lipinski definition) is 3. The fourth-order valence-corrected chi connectivity index (χ4v) is 2.29. The lowest BCUT2D eigenvalue weighted by Crippen LogP contribution is -2.32. The van der Waals surface area contributed by atoms with Gasteiger partial charge in [0.25, 0.3) is 0 Å². The first kappa shape index (κ1) is 16.0. The summed E-state index contributed by atoms with van der Waals surface area (Å²) in [5.41, 5.74) is 8.14. The molecule has 0 aliphatic carbocycles. The van der Waals surface area contributed by atoms with Crippen LogP contribution in [0.5, 0.6) is 0 Å². The molecule has 0 spiro atoms. The van der Waals surface area contributed by atoms with E-state index in [1.54, 1.807) is 7.11 Å². The maximum Gasteiger partial charge on any atom is 0.0589 e. The van der Waals surface area contributed by atoms with Crippen molar-refractivity contribution in [3.05, 3.63) is 29.8 Å². The third-order valence-electron chi connectivity index (χ3n) is 3.21. The highest BCUT2D eigenvalue weighted by Crippen LogP contribution is 2.13. The average molecular weight is 264 g/mol. The van der Waals surface area contributed by atoms with Crippen LogP contribution in [-0.2, 0) is 11.2 Å². The van der Waals surface area contributed by atoms with Gasteiger partial charge in [-0.1, -0.05) is 32.0 Å². The van der Waals surface area contributed by atoms with Crippen LogP contribution in [0.15, 0.2) is 24.3 Å². The van der Waals surface area contributed by atoms with Crippen LogP contribution in [0.2, 0.25) is 0 Å². The summed E-state index contributed by atoms with van der Waals surface area (Å²) in [4.78, 5) is 2.48. The maximum atomic E-state index is 5.96. The molecule has 3 nitrogen and oxygen atoms in total. The number of benzene rings is 1. The number of nitrogens with two attached hydrogens (primary N) is 1. The van der Waals surface area contributed by atoms with E-state index in [0.29, 0.717) is 5.92 Å². The largest absolute Gasteiger partial charge is 0.399 e. The Bertz CT molecular complexity index is 352. The molecule has 0 fully saturated rings. The Hall–Kier alpha value is -1.06. The molecule has 108 valence electrons. The van der Waals surface area contributed by atoms with Gasteiger partial charge in [-0.25, -0.2) is 0 Å².